The van der Waals surface area contributed by atoms with Crippen molar-refractivity contribution in [2.24, 2.45) is 11.1 Å². The van der Waals surface area contributed by atoms with Crippen molar-refractivity contribution in [2.45, 2.75) is 38.5 Å². The Morgan fingerprint density at radius 1 is 1.24 bits per heavy atom. The van der Waals surface area contributed by atoms with Gasteiger partial charge in [0.15, 0.2) is 0 Å². The van der Waals surface area contributed by atoms with Crippen LogP contribution in [0.1, 0.15) is 33.6 Å². The molecule has 1 aromatic rings. The van der Waals surface area contributed by atoms with Crippen LogP contribution in [0.5, 0.6) is 0 Å². The van der Waals surface area contributed by atoms with Gasteiger partial charge in [-0.3, -0.25) is 0 Å². The minimum absolute atomic E-state index is 0.0639. The summed E-state index contributed by atoms with van der Waals surface area (Å²) in [5.74, 6) is 0. The van der Waals surface area contributed by atoms with Crippen molar-refractivity contribution in [3.8, 4) is 0 Å². The highest BCUT2D eigenvalue weighted by Gasteiger charge is 2.20. The van der Waals surface area contributed by atoms with Crippen LogP contribution in [-0.2, 0) is 10.0 Å². The van der Waals surface area contributed by atoms with Crippen LogP contribution in [0.4, 0.5) is 5.69 Å². The zero-order valence-corrected chi connectivity index (χ0v) is 14.0. The number of hydrogen-bond acceptors (Lipinski definition) is 4. The Kier molecular flexibility index (Phi) is 6.64. The van der Waals surface area contributed by atoms with E-state index in [1.807, 2.05) is 6.07 Å². The summed E-state index contributed by atoms with van der Waals surface area (Å²) in [5, 5.41) is 3.27. The highest BCUT2D eigenvalue weighted by atomic mass is 32.2. The monoisotopic (exact) mass is 313 g/mol. The maximum absolute atomic E-state index is 12.2. The Balaban J connectivity index is 2.86. The Morgan fingerprint density at radius 2 is 1.90 bits per heavy atom. The number of hydrogen-bond donors (Lipinski definition) is 3. The summed E-state index contributed by atoms with van der Waals surface area (Å²) in [6.45, 7) is 7.82. The number of rotatable bonds is 9. The Morgan fingerprint density at radius 3 is 2.52 bits per heavy atom. The number of sulfonamides is 1. The van der Waals surface area contributed by atoms with Gasteiger partial charge >= 0.3 is 0 Å². The molecule has 4 N–H and O–H groups in total. The molecule has 0 fully saturated rings. The largest absolute Gasteiger partial charge is 0.383 e. The smallest absolute Gasteiger partial charge is 0.242 e. The minimum Gasteiger partial charge on any atom is -0.383 e. The molecule has 0 aliphatic heterocycles. The zero-order valence-electron chi connectivity index (χ0n) is 13.1. The molecule has 21 heavy (non-hydrogen) atoms. The predicted octanol–water partition coefficient (Wildman–Crippen LogP) is 2.16. The number of nitrogens with two attached hydrogens (primary N) is 1. The van der Waals surface area contributed by atoms with Crippen molar-refractivity contribution in [2.75, 3.05) is 25.0 Å². The molecular formula is C15H27N3O2S. The quantitative estimate of drug-likeness (QED) is 0.652. The molecule has 0 spiro atoms. The van der Waals surface area contributed by atoms with Gasteiger partial charge in [-0.2, -0.15) is 0 Å². The third kappa shape index (κ3) is 5.65. The molecule has 120 valence electrons. The van der Waals surface area contributed by atoms with Crippen LogP contribution in [0.3, 0.4) is 0 Å². The van der Waals surface area contributed by atoms with Crippen molar-refractivity contribution >= 4 is 15.7 Å². The van der Waals surface area contributed by atoms with E-state index in [9.17, 15) is 8.42 Å². The van der Waals surface area contributed by atoms with Crippen molar-refractivity contribution in [1.29, 1.82) is 0 Å². The molecule has 0 saturated heterocycles. The molecular weight excluding hydrogens is 286 g/mol. The van der Waals surface area contributed by atoms with E-state index in [1.165, 1.54) is 0 Å². The van der Waals surface area contributed by atoms with E-state index >= 15 is 0 Å². The van der Waals surface area contributed by atoms with Crippen LogP contribution in [0.15, 0.2) is 29.2 Å². The first-order chi connectivity index (χ1) is 9.82. The van der Waals surface area contributed by atoms with Gasteiger partial charge in [-0.25, -0.2) is 13.1 Å². The lowest BCUT2D eigenvalue weighted by atomic mass is 9.87. The fourth-order valence-corrected chi connectivity index (χ4v) is 3.34. The molecule has 0 aliphatic rings. The average molecular weight is 313 g/mol. The fraction of sp³-hybridized carbons (Fsp3) is 0.600. The topological polar surface area (TPSA) is 84.2 Å². The van der Waals surface area contributed by atoms with Crippen LogP contribution >= 0.6 is 0 Å². The molecule has 0 amide bonds. The molecule has 5 nitrogen and oxygen atoms in total. The van der Waals surface area contributed by atoms with Gasteiger partial charge in [0, 0.05) is 13.1 Å². The summed E-state index contributed by atoms with van der Waals surface area (Å²) >= 11 is 0. The maximum Gasteiger partial charge on any atom is 0.242 e. The molecule has 0 bridgehead atoms. The number of nitrogens with one attached hydrogen (secondary N) is 2. The summed E-state index contributed by atoms with van der Waals surface area (Å²) < 4.78 is 26.9. The van der Waals surface area contributed by atoms with E-state index in [0.29, 0.717) is 30.2 Å². The number of para-hydroxylation sites is 1. The lowest BCUT2D eigenvalue weighted by Crippen LogP contribution is -2.27. The van der Waals surface area contributed by atoms with E-state index in [1.54, 1.807) is 25.1 Å². The van der Waals surface area contributed by atoms with Crippen molar-refractivity contribution < 1.29 is 8.42 Å². The second kappa shape index (κ2) is 7.77. The van der Waals surface area contributed by atoms with Gasteiger partial charge in [0.2, 0.25) is 10.0 Å². The van der Waals surface area contributed by atoms with E-state index in [-0.39, 0.29) is 5.41 Å². The van der Waals surface area contributed by atoms with Gasteiger partial charge in [-0.05, 0) is 36.9 Å². The van der Waals surface area contributed by atoms with Gasteiger partial charge < -0.3 is 11.1 Å². The fourth-order valence-electron chi connectivity index (χ4n) is 2.12. The van der Waals surface area contributed by atoms with E-state index in [4.69, 9.17) is 5.73 Å². The summed E-state index contributed by atoms with van der Waals surface area (Å²) in [5.41, 5.74) is 6.25. The average Bonchev–Trinajstić information content (AvgIpc) is 2.43. The highest BCUT2D eigenvalue weighted by Crippen LogP contribution is 2.26. The first-order valence-electron chi connectivity index (χ1n) is 7.35. The zero-order chi connectivity index (χ0) is 15.9. The molecule has 0 aromatic heterocycles. The summed E-state index contributed by atoms with van der Waals surface area (Å²) in [7, 11) is -3.46. The minimum atomic E-state index is -3.46. The van der Waals surface area contributed by atoms with E-state index < -0.39 is 10.0 Å². The Labute approximate surface area is 128 Å². The number of benzene rings is 1. The summed E-state index contributed by atoms with van der Waals surface area (Å²) in [6, 6.07) is 6.98. The summed E-state index contributed by atoms with van der Waals surface area (Å²) in [4.78, 5) is 0.293. The van der Waals surface area contributed by atoms with Gasteiger partial charge in [0.05, 0.1) is 5.69 Å². The van der Waals surface area contributed by atoms with Gasteiger partial charge in [-0.1, -0.05) is 32.9 Å². The van der Waals surface area contributed by atoms with Crippen molar-refractivity contribution in [3.05, 3.63) is 24.3 Å². The normalized spacial score (nSPS) is 12.4. The summed E-state index contributed by atoms with van der Waals surface area (Å²) in [6.07, 6.45) is 1.96. The second-order valence-electron chi connectivity index (χ2n) is 5.91. The first kappa shape index (κ1) is 17.9. The first-order valence-corrected chi connectivity index (χ1v) is 8.83. The van der Waals surface area contributed by atoms with Crippen LogP contribution in [0.25, 0.3) is 0 Å². The molecule has 0 aliphatic carbocycles. The molecule has 1 rings (SSSR count). The molecule has 0 radical (unpaired) electrons. The van der Waals surface area contributed by atoms with Crippen molar-refractivity contribution in [1.82, 2.24) is 4.72 Å². The lowest BCUT2D eigenvalue weighted by Gasteiger charge is -2.26. The third-order valence-corrected chi connectivity index (χ3v) is 4.93. The molecule has 1 aromatic carbocycles. The highest BCUT2D eigenvalue weighted by molar-refractivity contribution is 7.89. The van der Waals surface area contributed by atoms with E-state index in [0.717, 1.165) is 12.8 Å². The van der Waals surface area contributed by atoms with Crippen LogP contribution < -0.4 is 15.8 Å². The molecule has 0 heterocycles. The van der Waals surface area contributed by atoms with Gasteiger partial charge in [0.1, 0.15) is 4.90 Å². The van der Waals surface area contributed by atoms with E-state index in [2.05, 4.69) is 23.9 Å². The molecule has 0 unspecified atom stereocenters. The van der Waals surface area contributed by atoms with Gasteiger partial charge in [-0.15, -0.1) is 0 Å². The molecule has 0 atom stereocenters. The standard InChI is InChI=1S/C15H27N3O2S/c1-4-18-21(19,20)14-9-6-5-8-13(14)17-12-15(2,3)10-7-11-16/h5-6,8-9,17-18H,4,7,10-12,16H2,1-3H3. The molecule has 0 saturated carbocycles. The maximum atomic E-state index is 12.2. The third-order valence-electron chi connectivity index (χ3n) is 3.33. The lowest BCUT2D eigenvalue weighted by molar-refractivity contribution is 0.350. The second-order valence-corrected chi connectivity index (χ2v) is 7.64. The number of anilines is 1. The Hall–Kier alpha value is -1.11. The SMILES string of the molecule is CCNS(=O)(=O)c1ccccc1NCC(C)(C)CCCN. The van der Waals surface area contributed by atoms with Gasteiger partial charge in [0.25, 0.3) is 0 Å². The van der Waals surface area contributed by atoms with Crippen LogP contribution in [0, 0.1) is 5.41 Å². The van der Waals surface area contributed by atoms with Crippen LogP contribution in [-0.4, -0.2) is 28.1 Å². The Bertz CT molecular complexity index is 542. The van der Waals surface area contributed by atoms with Crippen LogP contribution in [0.2, 0.25) is 0 Å². The predicted molar refractivity (Wildman–Crippen MR) is 87.9 cm³/mol. The molecule has 6 heteroatoms. The van der Waals surface area contributed by atoms with Crippen molar-refractivity contribution in [3.63, 3.8) is 0 Å².